The lowest BCUT2D eigenvalue weighted by Gasteiger charge is -2.11. The second kappa shape index (κ2) is 6.08. The predicted octanol–water partition coefficient (Wildman–Crippen LogP) is 0.183. The number of methoxy groups -OCH3 is 2. The Morgan fingerprint density at radius 1 is 1.50 bits per heavy atom. The number of carbonyl (C=O) groups excluding carboxylic acids is 1. The summed E-state index contributed by atoms with van der Waals surface area (Å²) in [5, 5.41) is 3.08. The van der Waals surface area contributed by atoms with E-state index in [1.807, 2.05) is 0 Å². The maximum Gasteiger partial charge on any atom is 0.348 e. The van der Waals surface area contributed by atoms with Gasteiger partial charge in [0.15, 0.2) is 9.96 Å². The Kier molecular flexibility index (Phi) is 4.63. The Hall–Kier alpha value is -1.16. The van der Waals surface area contributed by atoms with Gasteiger partial charge in [-0.15, -0.1) is 11.3 Å². The number of nitrogens with one attached hydrogen (secondary N) is 2. The number of hydrogen-bond donors (Lipinski definition) is 2. The summed E-state index contributed by atoms with van der Waals surface area (Å²) in [6.45, 7) is 1.37. The smallest absolute Gasteiger partial charge is 0.348 e. The van der Waals surface area contributed by atoms with Crippen molar-refractivity contribution in [3.05, 3.63) is 10.9 Å². The first-order valence-electron chi connectivity index (χ1n) is 5.97. The second-order valence-corrected chi connectivity index (χ2v) is 7.23. The molecule has 20 heavy (non-hydrogen) atoms. The van der Waals surface area contributed by atoms with E-state index in [9.17, 15) is 13.2 Å². The lowest BCUT2D eigenvalue weighted by atomic mass is 10.3. The van der Waals surface area contributed by atoms with E-state index in [0.717, 1.165) is 24.3 Å². The normalized spacial score (nSPS) is 19.0. The van der Waals surface area contributed by atoms with Crippen molar-refractivity contribution in [3.63, 3.8) is 0 Å². The van der Waals surface area contributed by atoms with Gasteiger partial charge in [-0.25, -0.2) is 17.9 Å². The quantitative estimate of drug-likeness (QED) is 0.752. The lowest BCUT2D eigenvalue weighted by Crippen LogP contribution is -2.35. The van der Waals surface area contributed by atoms with Crippen LogP contribution in [0, 0.1) is 0 Å². The maximum atomic E-state index is 12.3. The van der Waals surface area contributed by atoms with Gasteiger partial charge >= 0.3 is 5.97 Å². The van der Waals surface area contributed by atoms with Crippen molar-refractivity contribution in [1.82, 2.24) is 10.0 Å². The van der Waals surface area contributed by atoms with Crippen LogP contribution in [0.2, 0.25) is 0 Å². The largest absolute Gasteiger partial charge is 0.494 e. The molecule has 9 heteroatoms. The molecular weight excluding hydrogens is 304 g/mol. The van der Waals surface area contributed by atoms with E-state index in [1.165, 1.54) is 20.3 Å². The first-order chi connectivity index (χ1) is 9.47. The molecule has 1 atom stereocenters. The van der Waals surface area contributed by atoms with Crippen LogP contribution in [0.3, 0.4) is 0 Å². The Morgan fingerprint density at radius 2 is 2.25 bits per heavy atom. The molecule has 0 aliphatic carbocycles. The molecule has 1 unspecified atom stereocenters. The first kappa shape index (κ1) is 15.2. The van der Waals surface area contributed by atoms with Gasteiger partial charge in [0.25, 0.3) is 10.0 Å². The summed E-state index contributed by atoms with van der Waals surface area (Å²) < 4.78 is 36.9. The van der Waals surface area contributed by atoms with Crippen LogP contribution in [0.1, 0.15) is 16.1 Å². The number of carbonyl (C=O) groups is 1. The van der Waals surface area contributed by atoms with Gasteiger partial charge in [-0.3, -0.25) is 0 Å². The van der Waals surface area contributed by atoms with Crippen LogP contribution in [0.15, 0.2) is 10.3 Å². The minimum Gasteiger partial charge on any atom is -0.494 e. The fraction of sp³-hybridized carbons (Fsp3) is 0.545. The molecule has 1 aromatic heterocycles. The highest BCUT2D eigenvalue weighted by atomic mass is 32.2. The van der Waals surface area contributed by atoms with E-state index in [2.05, 4.69) is 14.8 Å². The van der Waals surface area contributed by atoms with Crippen LogP contribution in [0.5, 0.6) is 5.75 Å². The minimum absolute atomic E-state index is 0.00713. The predicted molar refractivity (Wildman–Crippen MR) is 73.8 cm³/mol. The number of thiophene rings is 1. The van der Waals surface area contributed by atoms with E-state index in [4.69, 9.17) is 4.74 Å². The number of hydrogen-bond acceptors (Lipinski definition) is 7. The molecule has 7 nitrogen and oxygen atoms in total. The molecule has 0 aromatic carbocycles. The monoisotopic (exact) mass is 320 g/mol. The fourth-order valence-corrected chi connectivity index (χ4v) is 4.70. The minimum atomic E-state index is -3.71. The van der Waals surface area contributed by atoms with Crippen molar-refractivity contribution in [1.29, 1.82) is 0 Å². The van der Waals surface area contributed by atoms with Crippen LogP contribution in [0.25, 0.3) is 0 Å². The Balaban J connectivity index is 2.29. The third-order valence-electron chi connectivity index (χ3n) is 2.90. The third-order valence-corrected chi connectivity index (χ3v) is 6.03. The van der Waals surface area contributed by atoms with E-state index >= 15 is 0 Å². The molecular formula is C11H16N2O5S2. The molecule has 0 amide bonds. The van der Waals surface area contributed by atoms with Gasteiger partial charge in [0.2, 0.25) is 0 Å². The van der Waals surface area contributed by atoms with Gasteiger partial charge in [-0.2, -0.15) is 0 Å². The molecule has 0 radical (unpaired) electrons. The van der Waals surface area contributed by atoms with Crippen LogP contribution in [0.4, 0.5) is 0 Å². The van der Waals surface area contributed by atoms with Crippen LogP contribution in [-0.2, 0) is 14.8 Å². The van der Waals surface area contributed by atoms with Gasteiger partial charge in [-0.1, -0.05) is 0 Å². The lowest BCUT2D eigenvalue weighted by molar-refractivity contribution is 0.0606. The Labute approximate surface area is 121 Å². The highest BCUT2D eigenvalue weighted by Crippen LogP contribution is 2.34. The number of rotatable bonds is 5. The summed E-state index contributed by atoms with van der Waals surface area (Å²) in [6, 6.07) is 1.23. The van der Waals surface area contributed by atoms with Gasteiger partial charge in [-0.05, 0) is 13.0 Å². The van der Waals surface area contributed by atoms with Crippen LogP contribution in [-0.4, -0.2) is 47.7 Å². The third kappa shape index (κ3) is 3.11. The molecule has 0 bridgehead atoms. The summed E-state index contributed by atoms with van der Waals surface area (Å²) in [5.41, 5.74) is 0. The molecule has 1 aliphatic heterocycles. The molecule has 1 saturated heterocycles. The van der Waals surface area contributed by atoms with Gasteiger partial charge in [0.1, 0.15) is 4.88 Å². The van der Waals surface area contributed by atoms with Crippen molar-refractivity contribution < 1.29 is 22.7 Å². The summed E-state index contributed by atoms with van der Waals surface area (Å²) in [5.74, 6) is -0.439. The SMILES string of the molecule is COC(=O)c1cc(OC)c(S(=O)(=O)NC2CCNC2)s1. The van der Waals surface area contributed by atoms with Gasteiger partial charge < -0.3 is 14.8 Å². The summed E-state index contributed by atoms with van der Waals surface area (Å²) in [7, 11) is -1.11. The van der Waals surface area contributed by atoms with E-state index in [0.29, 0.717) is 6.54 Å². The molecule has 1 aromatic rings. The summed E-state index contributed by atoms with van der Waals surface area (Å²) in [4.78, 5) is 11.7. The van der Waals surface area contributed by atoms with Gasteiger partial charge in [0, 0.05) is 18.7 Å². The maximum absolute atomic E-state index is 12.3. The molecule has 1 fully saturated rings. The van der Waals surface area contributed by atoms with E-state index < -0.39 is 16.0 Å². The molecule has 0 saturated carbocycles. The van der Waals surface area contributed by atoms with Gasteiger partial charge in [0.05, 0.1) is 14.2 Å². The van der Waals surface area contributed by atoms with Crippen LogP contribution >= 0.6 is 11.3 Å². The highest BCUT2D eigenvalue weighted by Gasteiger charge is 2.29. The second-order valence-electron chi connectivity index (χ2n) is 4.27. The number of ether oxygens (including phenoxy) is 2. The number of sulfonamides is 1. The first-order valence-corrected chi connectivity index (χ1v) is 8.27. The van der Waals surface area contributed by atoms with Crippen molar-refractivity contribution in [2.75, 3.05) is 27.3 Å². The molecule has 112 valence electrons. The molecule has 0 spiro atoms. The average Bonchev–Trinajstić information content (AvgIpc) is 3.05. The number of esters is 1. The molecule has 2 N–H and O–H groups in total. The Bertz CT molecular complexity index is 590. The van der Waals surface area contributed by atoms with Crippen molar-refractivity contribution >= 4 is 27.3 Å². The standard InChI is InChI=1S/C11H16N2O5S2/c1-17-8-5-9(10(14)18-2)19-11(8)20(15,16)13-7-3-4-12-6-7/h5,7,12-13H,3-4,6H2,1-2H3. The molecule has 2 heterocycles. The molecule has 2 rings (SSSR count). The zero-order valence-corrected chi connectivity index (χ0v) is 12.8. The fourth-order valence-electron chi connectivity index (χ4n) is 1.92. The van der Waals surface area contributed by atoms with Crippen LogP contribution < -0.4 is 14.8 Å². The summed E-state index contributed by atoms with van der Waals surface area (Å²) >= 11 is 0.837. The van der Waals surface area contributed by atoms with E-state index in [1.54, 1.807) is 0 Å². The zero-order chi connectivity index (χ0) is 14.8. The molecule has 1 aliphatic rings. The topological polar surface area (TPSA) is 93.7 Å². The highest BCUT2D eigenvalue weighted by molar-refractivity contribution is 7.91. The average molecular weight is 320 g/mol. The van der Waals surface area contributed by atoms with Crippen molar-refractivity contribution in [2.24, 2.45) is 0 Å². The summed E-state index contributed by atoms with van der Waals surface area (Å²) in [6.07, 6.45) is 0.733. The van der Waals surface area contributed by atoms with E-state index in [-0.39, 0.29) is 20.9 Å². The zero-order valence-electron chi connectivity index (χ0n) is 11.1. The van der Waals surface area contributed by atoms with Crippen molar-refractivity contribution in [3.8, 4) is 5.75 Å². The van der Waals surface area contributed by atoms with Crippen molar-refractivity contribution in [2.45, 2.75) is 16.7 Å². The Morgan fingerprint density at radius 3 is 2.80 bits per heavy atom.